The van der Waals surface area contributed by atoms with Crippen molar-refractivity contribution in [1.29, 1.82) is 0 Å². The van der Waals surface area contributed by atoms with Crippen molar-refractivity contribution in [3.05, 3.63) is 75.8 Å². The van der Waals surface area contributed by atoms with Gasteiger partial charge in [0.2, 0.25) is 0 Å². The van der Waals surface area contributed by atoms with Crippen molar-refractivity contribution in [2.24, 2.45) is 0 Å². The number of nitrogens with two attached hydrogens (primary N) is 1. The lowest BCUT2D eigenvalue weighted by atomic mass is 10.1. The topological polar surface area (TPSA) is 92.0 Å². The van der Waals surface area contributed by atoms with Crippen LogP contribution in [0.5, 0.6) is 17.2 Å². The molecular weight excluding hydrogens is 519 g/mol. The normalized spacial score (nSPS) is 13.8. The molecule has 1 fully saturated rings. The molecule has 0 radical (unpaired) electrons. The Morgan fingerprint density at radius 3 is 2.59 bits per heavy atom. The van der Waals surface area contributed by atoms with E-state index >= 15 is 0 Å². The van der Waals surface area contributed by atoms with Gasteiger partial charge in [0.15, 0.2) is 0 Å². The summed E-state index contributed by atoms with van der Waals surface area (Å²) in [5.74, 6) is 1.09. The lowest BCUT2D eigenvalue weighted by Gasteiger charge is -2.26. The molecule has 1 aliphatic heterocycles. The van der Waals surface area contributed by atoms with Crippen molar-refractivity contribution < 1.29 is 18.6 Å². The van der Waals surface area contributed by atoms with Gasteiger partial charge in [0, 0.05) is 50.6 Å². The van der Waals surface area contributed by atoms with Gasteiger partial charge in [-0.3, -0.25) is 9.58 Å². The van der Waals surface area contributed by atoms with Gasteiger partial charge in [-0.05, 0) is 31.0 Å². The first kappa shape index (κ1) is 26.6. The van der Waals surface area contributed by atoms with Crippen molar-refractivity contribution in [2.75, 3.05) is 38.6 Å². The van der Waals surface area contributed by atoms with Crippen LogP contribution in [0.15, 0.2) is 48.7 Å². The average Bonchev–Trinajstić information content (AvgIpc) is 3.50. The lowest BCUT2D eigenvalue weighted by molar-refractivity contribution is 0.0368. The fraction of sp³-hybridized carbons (Fsp3) is 0.321. The number of thiazole rings is 1. The highest BCUT2D eigenvalue weighted by Gasteiger charge is 2.18. The summed E-state index contributed by atoms with van der Waals surface area (Å²) in [5, 5.41) is 5.59. The second kappa shape index (κ2) is 12.3. The van der Waals surface area contributed by atoms with Crippen molar-refractivity contribution in [2.45, 2.75) is 26.5 Å². The molecule has 11 heteroatoms. The number of morpholine rings is 1. The summed E-state index contributed by atoms with van der Waals surface area (Å²) in [6, 6.07) is 11.4. The summed E-state index contributed by atoms with van der Waals surface area (Å²) >= 11 is 1.53. The zero-order chi connectivity index (χ0) is 27.2. The zero-order valence-electron chi connectivity index (χ0n) is 21.6. The Bertz CT molecular complexity index is 1460. The molecule has 202 valence electrons. The highest BCUT2D eigenvalue weighted by molar-refractivity contribution is 7.11. The van der Waals surface area contributed by atoms with Crippen LogP contribution >= 0.6 is 11.3 Å². The minimum absolute atomic E-state index is 0.301. The maximum atomic E-state index is 14.2. The number of rotatable bonds is 10. The second-order valence-electron chi connectivity index (χ2n) is 9.11. The number of nitrogens with zero attached hydrogens (tertiary/aromatic N) is 5. The van der Waals surface area contributed by atoms with E-state index in [0.717, 1.165) is 54.7 Å². The quantitative estimate of drug-likeness (QED) is 0.255. The molecular formula is C28H29FN6O3S. The molecule has 0 spiro atoms. The first-order valence-electron chi connectivity index (χ1n) is 12.7. The van der Waals surface area contributed by atoms with Crippen LogP contribution in [0, 0.1) is 19.3 Å². The number of aromatic nitrogens is 3. The van der Waals surface area contributed by atoms with E-state index in [1.165, 1.54) is 23.5 Å². The van der Waals surface area contributed by atoms with E-state index in [-0.39, 0.29) is 0 Å². The van der Waals surface area contributed by atoms with Crippen LogP contribution in [-0.2, 0) is 17.9 Å². The van der Waals surface area contributed by atoms with Crippen molar-refractivity contribution >= 4 is 22.8 Å². The van der Waals surface area contributed by atoms with Crippen LogP contribution in [0.25, 0.3) is 16.1 Å². The number of hydrogen-bond acceptors (Lipinski definition) is 8. The predicted molar refractivity (Wildman–Crippen MR) is 148 cm³/mol. The molecule has 39 heavy (non-hydrogen) atoms. The molecule has 0 bridgehead atoms. The van der Waals surface area contributed by atoms with Gasteiger partial charge in [-0.1, -0.05) is 12.1 Å². The Balaban J connectivity index is 1.24. The Hall–Kier alpha value is -3.98. The average molecular weight is 549 g/mol. The second-order valence-corrected chi connectivity index (χ2v) is 10.4. The molecule has 0 atom stereocenters. The third kappa shape index (κ3) is 6.72. The van der Waals surface area contributed by atoms with Gasteiger partial charge >= 0.3 is 0 Å². The third-order valence-corrected chi connectivity index (χ3v) is 7.17. The molecule has 2 N–H and O–H groups in total. The predicted octanol–water partition coefficient (Wildman–Crippen LogP) is 5.68. The van der Waals surface area contributed by atoms with E-state index in [9.17, 15) is 4.39 Å². The van der Waals surface area contributed by atoms with E-state index < -0.39 is 5.82 Å². The maximum absolute atomic E-state index is 14.2. The Labute approximate surface area is 230 Å². The lowest BCUT2D eigenvalue weighted by Crippen LogP contribution is -2.37. The van der Waals surface area contributed by atoms with E-state index in [1.807, 2.05) is 19.1 Å². The molecule has 0 unspecified atom stereocenters. The van der Waals surface area contributed by atoms with E-state index in [0.29, 0.717) is 47.6 Å². The van der Waals surface area contributed by atoms with Gasteiger partial charge in [-0.25, -0.2) is 14.2 Å². The van der Waals surface area contributed by atoms with Gasteiger partial charge in [0.05, 0.1) is 29.7 Å². The molecule has 0 amide bonds. The SMILES string of the molecule is [C-]#[N+]c1c(-c2ccc(Oc3cc(F)cc(OCc4cnc(C)s4)c3)cc2)nn(CCCN2CCOCC2)c1N. The molecule has 3 heterocycles. The first-order valence-corrected chi connectivity index (χ1v) is 13.5. The summed E-state index contributed by atoms with van der Waals surface area (Å²) in [6.07, 6.45) is 2.62. The Morgan fingerprint density at radius 2 is 1.87 bits per heavy atom. The number of nitrogen functional groups attached to an aromatic ring is 1. The molecule has 0 aliphatic carbocycles. The van der Waals surface area contributed by atoms with Crippen LogP contribution in [0.4, 0.5) is 15.9 Å². The van der Waals surface area contributed by atoms with Crippen LogP contribution in [0.1, 0.15) is 16.3 Å². The monoisotopic (exact) mass is 548 g/mol. The molecule has 4 aromatic rings. The highest BCUT2D eigenvalue weighted by atomic mass is 32.1. The first-order chi connectivity index (χ1) is 19.0. The Kier molecular flexibility index (Phi) is 8.36. The molecule has 1 saturated heterocycles. The third-order valence-electron chi connectivity index (χ3n) is 6.28. The molecule has 2 aromatic carbocycles. The fourth-order valence-electron chi connectivity index (χ4n) is 4.33. The highest BCUT2D eigenvalue weighted by Crippen LogP contribution is 2.36. The minimum Gasteiger partial charge on any atom is -0.488 e. The zero-order valence-corrected chi connectivity index (χ0v) is 22.4. The fourth-order valence-corrected chi connectivity index (χ4v) is 5.04. The largest absolute Gasteiger partial charge is 0.488 e. The summed E-state index contributed by atoms with van der Waals surface area (Å²) in [5.41, 5.74) is 7.88. The van der Waals surface area contributed by atoms with Gasteiger partial charge in [-0.15, -0.1) is 11.3 Å². The van der Waals surface area contributed by atoms with E-state index in [2.05, 4.69) is 19.8 Å². The number of benzene rings is 2. The van der Waals surface area contributed by atoms with Crippen molar-refractivity contribution in [1.82, 2.24) is 19.7 Å². The van der Waals surface area contributed by atoms with Gasteiger partial charge < -0.3 is 19.9 Å². The van der Waals surface area contributed by atoms with E-state index in [4.69, 9.17) is 26.5 Å². The smallest absolute Gasteiger partial charge is 0.254 e. The minimum atomic E-state index is -0.462. The summed E-state index contributed by atoms with van der Waals surface area (Å²) in [7, 11) is 0. The van der Waals surface area contributed by atoms with Crippen LogP contribution in [-0.4, -0.2) is 52.5 Å². The number of aryl methyl sites for hydroxylation is 2. The molecule has 2 aromatic heterocycles. The van der Waals surface area contributed by atoms with Gasteiger partial charge in [0.1, 0.15) is 41.2 Å². The Morgan fingerprint density at radius 1 is 1.10 bits per heavy atom. The van der Waals surface area contributed by atoms with Gasteiger partial charge in [0.25, 0.3) is 5.69 Å². The van der Waals surface area contributed by atoms with Crippen molar-refractivity contribution in [3.8, 4) is 28.5 Å². The molecule has 5 rings (SSSR count). The molecule has 9 nitrogen and oxygen atoms in total. The van der Waals surface area contributed by atoms with Crippen molar-refractivity contribution in [3.63, 3.8) is 0 Å². The summed E-state index contributed by atoms with van der Waals surface area (Å²) < 4.78 is 33.0. The van der Waals surface area contributed by atoms with Crippen LogP contribution in [0.2, 0.25) is 0 Å². The van der Waals surface area contributed by atoms with Crippen LogP contribution in [0.3, 0.4) is 0 Å². The van der Waals surface area contributed by atoms with E-state index in [1.54, 1.807) is 29.1 Å². The standard InChI is InChI=1S/C28H29FN6O3S/c1-19-32-17-25(39-19)18-37-23-14-21(29)15-24(16-23)38-22-6-4-20(5-7-22)26-27(31-2)28(30)35(33-26)9-3-8-34-10-12-36-13-11-34/h4-7,14-17H,3,8-13,18,30H2,1H3. The molecule has 0 saturated carbocycles. The number of hydrogen-bond donors (Lipinski definition) is 1. The summed E-state index contributed by atoms with van der Waals surface area (Å²) in [4.78, 5) is 11.1. The summed E-state index contributed by atoms with van der Waals surface area (Å²) in [6.45, 7) is 14.8. The maximum Gasteiger partial charge on any atom is 0.254 e. The number of ether oxygens (including phenoxy) is 3. The van der Waals surface area contributed by atoms with Crippen LogP contribution < -0.4 is 15.2 Å². The molecule has 1 aliphatic rings. The number of halogens is 1. The van der Waals surface area contributed by atoms with Gasteiger partial charge in [-0.2, -0.15) is 5.10 Å². The number of anilines is 1.